The Hall–Kier alpha value is -2.09. The highest BCUT2D eigenvalue weighted by Crippen LogP contribution is 2.16. The molecule has 1 aromatic heterocycles. The monoisotopic (exact) mass is 333 g/mol. The maximum atomic E-state index is 12.5. The van der Waals surface area contributed by atoms with Crippen LogP contribution >= 0.6 is 0 Å². The van der Waals surface area contributed by atoms with Gasteiger partial charge >= 0.3 is 0 Å². The van der Waals surface area contributed by atoms with E-state index in [0.717, 1.165) is 31.3 Å². The number of anilines is 1. The molecule has 2 saturated heterocycles. The minimum absolute atomic E-state index is 0.0789. The molecule has 1 atom stereocenters. The summed E-state index contributed by atoms with van der Waals surface area (Å²) in [5.41, 5.74) is 0.859. The van der Waals surface area contributed by atoms with E-state index in [9.17, 15) is 4.79 Å². The fourth-order valence-electron chi connectivity index (χ4n) is 3.45. The second-order valence-electron chi connectivity index (χ2n) is 6.54. The number of likely N-dealkylation sites (tertiary alicyclic amines) is 1. The Morgan fingerprint density at radius 1 is 1.38 bits per heavy atom. The van der Waals surface area contributed by atoms with E-state index in [-0.39, 0.29) is 5.91 Å². The van der Waals surface area contributed by atoms with Gasteiger partial charge in [-0.2, -0.15) is 5.10 Å². The van der Waals surface area contributed by atoms with E-state index in [1.54, 1.807) is 22.8 Å². The van der Waals surface area contributed by atoms with Gasteiger partial charge in [0.1, 0.15) is 6.54 Å². The van der Waals surface area contributed by atoms with Crippen molar-refractivity contribution in [2.24, 2.45) is 12.0 Å². The van der Waals surface area contributed by atoms with Crippen LogP contribution in [-0.2, 0) is 11.8 Å². The number of aromatic nitrogens is 2. The predicted octanol–water partition coefficient (Wildman–Crippen LogP) is -0.262. The molecule has 132 valence electrons. The molecule has 0 aliphatic carbocycles. The average molecular weight is 333 g/mol. The lowest BCUT2D eigenvalue weighted by atomic mass is 10.2. The highest BCUT2D eigenvalue weighted by atomic mass is 16.2. The standard InChI is InChI=1S/C16H27N7O/c1-17-16(18-9-13-5-4-6-20(13)2)22-7-8-23(15(24)12-22)14-10-19-21(3)11-14/h10-11,13H,4-9,12H2,1-3H3,(H,17,18). The van der Waals surface area contributed by atoms with Crippen LogP contribution < -0.4 is 10.2 Å². The number of rotatable bonds is 3. The molecule has 0 saturated carbocycles. The first-order valence-electron chi connectivity index (χ1n) is 8.53. The van der Waals surface area contributed by atoms with Gasteiger partial charge in [-0.3, -0.25) is 14.5 Å². The van der Waals surface area contributed by atoms with Crippen molar-refractivity contribution in [3.05, 3.63) is 12.4 Å². The highest BCUT2D eigenvalue weighted by Gasteiger charge is 2.28. The van der Waals surface area contributed by atoms with Crippen LogP contribution in [0.3, 0.4) is 0 Å². The molecule has 0 spiro atoms. The van der Waals surface area contributed by atoms with Crippen LogP contribution in [0.2, 0.25) is 0 Å². The molecule has 0 bridgehead atoms. The lowest BCUT2D eigenvalue weighted by Crippen LogP contribution is -2.56. The fraction of sp³-hybridized carbons (Fsp3) is 0.688. The molecule has 1 amide bonds. The summed E-state index contributed by atoms with van der Waals surface area (Å²) in [5.74, 6) is 0.893. The number of amides is 1. The molecule has 8 heteroatoms. The van der Waals surface area contributed by atoms with E-state index in [2.05, 4.69) is 27.4 Å². The first-order chi connectivity index (χ1) is 11.6. The summed E-state index contributed by atoms with van der Waals surface area (Å²) in [5, 5.41) is 7.58. The Morgan fingerprint density at radius 2 is 2.21 bits per heavy atom. The molecule has 1 N–H and O–H groups in total. The van der Waals surface area contributed by atoms with Gasteiger partial charge in [-0.05, 0) is 26.4 Å². The van der Waals surface area contributed by atoms with Crippen molar-refractivity contribution in [2.75, 3.05) is 51.7 Å². The summed E-state index contributed by atoms with van der Waals surface area (Å²) >= 11 is 0. The van der Waals surface area contributed by atoms with Gasteiger partial charge in [0.05, 0.1) is 11.9 Å². The smallest absolute Gasteiger partial charge is 0.246 e. The van der Waals surface area contributed by atoms with Crippen LogP contribution in [0.15, 0.2) is 17.4 Å². The number of nitrogens with one attached hydrogen (secondary N) is 1. The molecule has 3 rings (SSSR count). The fourth-order valence-corrected chi connectivity index (χ4v) is 3.45. The minimum atomic E-state index is 0.0789. The van der Waals surface area contributed by atoms with E-state index >= 15 is 0 Å². The minimum Gasteiger partial charge on any atom is -0.355 e. The number of aliphatic imine (C=N–C) groups is 1. The molecule has 2 aliphatic rings. The van der Waals surface area contributed by atoms with Gasteiger partial charge in [-0.15, -0.1) is 0 Å². The molecule has 3 heterocycles. The first-order valence-corrected chi connectivity index (χ1v) is 8.53. The number of carbonyl (C=O) groups excluding carboxylic acids is 1. The maximum Gasteiger partial charge on any atom is 0.246 e. The number of carbonyl (C=O) groups is 1. The van der Waals surface area contributed by atoms with Gasteiger partial charge in [0, 0.05) is 46.0 Å². The van der Waals surface area contributed by atoms with Crippen molar-refractivity contribution in [3.63, 3.8) is 0 Å². The maximum absolute atomic E-state index is 12.5. The van der Waals surface area contributed by atoms with E-state index in [1.165, 1.54) is 12.8 Å². The molecule has 2 aliphatic heterocycles. The second-order valence-corrected chi connectivity index (χ2v) is 6.54. The van der Waals surface area contributed by atoms with Crippen molar-refractivity contribution < 1.29 is 4.79 Å². The van der Waals surface area contributed by atoms with Crippen LogP contribution in [0.5, 0.6) is 0 Å². The van der Waals surface area contributed by atoms with E-state index in [0.29, 0.717) is 19.1 Å². The molecule has 1 unspecified atom stereocenters. The summed E-state index contributed by atoms with van der Waals surface area (Å²) in [7, 11) is 5.80. The van der Waals surface area contributed by atoms with Gasteiger partial charge in [-0.1, -0.05) is 0 Å². The summed E-state index contributed by atoms with van der Waals surface area (Å²) in [6.07, 6.45) is 6.07. The molecule has 24 heavy (non-hydrogen) atoms. The third-order valence-electron chi connectivity index (χ3n) is 4.90. The zero-order valence-electron chi connectivity index (χ0n) is 14.8. The van der Waals surface area contributed by atoms with Crippen molar-refractivity contribution in [3.8, 4) is 0 Å². The molecule has 0 aromatic carbocycles. The molecule has 0 radical (unpaired) electrons. The van der Waals surface area contributed by atoms with Crippen LogP contribution in [0.4, 0.5) is 5.69 Å². The van der Waals surface area contributed by atoms with E-state index in [1.807, 2.05) is 18.1 Å². The predicted molar refractivity (Wildman–Crippen MR) is 94.1 cm³/mol. The first kappa shape index (κ1) is 16.8. The Bertz CT molecular complexity index is 611. The van der Waals surface area contributed by atoms with Crippen LogP contribution in [0, 0.1) is 0 Å². The highest BCUT2D eigenvalue weighted by molar-refractivity contribution is 5.98. The zero-order chi connectivity index (χ0) is 17.1. The third kappa shape index (κ3) is 3.53. The number of hydrogen-bond donors (Lipinski definition) is 1. The van der Waals surface area contributed by atoms with Crippen molar-refractivity contribution >= 4 is 17.6 Å². The summed E-state index contributed by atoms with van der Waals surface area (Å²) in [6, 6.07) is 0.550. The summed E-state index contributed by atoms with van der Waals surface area (Å²) in [6.45, 7) is 3.79. The van der Waals surface area contributed by atoms with Crippen LogP contribution in [0.25, 0.3) is 0 Å². The Balaban J connectivity index is 1.56. The second kappa shape index (κ2) is 7.21. The van der Waals surface area contributed by atoms with E-state index < -0.39 is 0 Å². The third-order valence-corrected chi connectivity index (χ3v) is 4.90. The quantitative estimate of drug-likeness (QED) is 0.610. The van der Waals surface area contributed by atoms with Gasteiger partial charge in [-0.25, -0.2) is 0 Å². The molecular formula is C16H27N7O. The zero-order valence-corrected chi connectivity index (χ0v) is 14.8. The number of likely N-dealkylation sites (N-methyl/N-ethyl adjacent to an activating group) is 1. The lowest BCUT2D eigenvalue weighted by molar-refractivity contribution is -0.120. The Morgan fingerprint density at radius 3 is 2.79 bits per heavy atom. The van der Waals surface area contributed by atoms with Gasteiger partial charge in [0.2, 0.25) is 5.91 Å². The molecule has 8 nitrogen and oxygen atoms in total. The van der Waals surface area contributed by atoms with Gasteiger partial charge in [0.15, 0.2) is 5.96 Å². The van der Waals surface area contributed by atoms with Gasteiger partial charge < -0.3 is 20.0 Å². The van der Waals surface area contributed by atoms with Crippen molar-refractivity contribution in [1.29, 1.82) is 0 Å². The Kier molecular flexibility index (Phi) is 5.03. The lowest BCUT2D eigenvalue weighted by Gasteiger charge is -2.35. The number of hydrogen-bond acceptors (Lipinski definition) is 4. The number of piperazine rings is 1. The van der Waals surface area contributed by atoms with E-state index in [4.69, 9.17) is 0 Å². The number of aryl methyl sites for hydroxylation is 1. The summed E-state index contributed by atoms with van der Waals surface area (Å²) < 4.78 is 1.72. The molecular weight excluding hydrogens is 306 g/mol. The Labute approximate surface area is 143 Å². The van der Waals surface area contributed by atoms with Crippen LogP contribution in [0.1, 0.15) is 12.8 Å². The molecule has 1 aromatic rings. The van der Waals surface area contributed by atoms with Crippen LogP contribution in [-0.4, -0.2) is 84.3 Å². The van der Waals surface area contributed by atoms with Crippen molar-refractivity contribution in [1.82, 2.24) is 24.9 Å². The van der Waals surface area contributed by atoms with Gasteiger partial charge in [0.25, 0.3) is 0 Å². The number of nitrogens with zero attached hydrogens (tertiary/aromatic N) is 6. The number of guanidine groups is 1. The average Bonchev–Trinajstić information content (AvgIpc) is 3.17. The topological polar surface area (TPSA) is 69.0 Å². The largest absolute Gasteiger partial charge is 0.355 e. The normalized spacial score (nSPS) is 23.2. The SMILES string of the molecule is CN=C(NCC1CCCN1C)N1CCN(c2cnn(C)c2)C(=O)C1. The summed E-state index contributed by atoms with van der Waals surface area (Å²) in [4.78, 5) is 23.1. The van der Waals surface area contributed by atoms with Crippen molar-refractivity contribution in [2.45, 2.75) is 18.9 Å². The molecule has 2 fully saturated rings.